The number of hydrogen-bond acceptors (Lipinski definition) is 3. The second kappa shape index (κ2) is 1.31. The summed E-state index contributed by atoms with van der Waals surface area (Å²) in [6, 6.07) is 5.26. The fourth-order valence-corrected chi connectivity index (χ4v) is 0.714. The molecule has 3 heteroatoms. The zero-order valence-electron chi connectivity index (χ0n) is 4.63. The van der Waals surface area contributed by atoms with Gasteiger partial charge in [0.2, 0.25) is 11.2 Å². The molecular formula is C6H5NO2. The molecule has 1 aromatic carbocycles. The van der Waals surface area contributed by atoms with Crippen LogP contribution in [0.4, 0.5) is 5.69 Å². The summed E-state index contributed by atoms with van der Waals surface area (Å²) in [6.07, 6.45) is 0. The molecule has 0 unspecified atom stereocenters. The van der Waals surface area contributed by atoms with Gasteiger partial charge in [0, 0.05) is 11.8 Å². The Hall–Kier alpha value is -1.38. The lowest BCUT2D eigenvalue weighted by molar-refractivity contribution is 0.0590. The van der Waals surface area contributed by atoms with E-state index in [0.717, 1.165) is 11.2 Å². The molecule has 1 heterocycles. The van der Waals surface area contributed by atoms with Crippen LogP contribution in [0.2, 0.25) is 0 Å². The minimum absolute atomic E-state index is 0.692. The quantitative estimate of drug-likeness (QED) is 0.427. The van der Waals surface area contributed by atoms with Crippen molar-refractivity contribution in [3.05, 3.63) is 18.2 Å². The third kappa shape index (κ3) is 0.512. The molecular weight excluding hydrogens is 118 g/mol. The summed E-state index contributed by atoms with van der Waals surface area (Å²) in [6.45, 7) is 0. The SMILES string of the molecule is Nc1ccc2ooc2c1. The Morgan fingerprint density at radius 2 is 1.89 bits per heavy atom. The lowest BCUT2D eigenvalue weighted by Gasteiger charge is -1.96. The summed E-state index contributed by atoms with van der Waals surface area (Å²) in [5.41, 5.74) is 7.59. The summed E-state index contributed by atoms with van der Waals surface area (Å²) < 4.78 is 9.15. The van der Waals surface area contributed by atoms with Gasteiger partial charge < -0.3 is 5.73 Å². The van der Waals surface area contributed by atoms with E-state index in [0.29, 0.717) is 5.69 Å². The van der Waals surface area contributed by atoms with E-state index in [1.807, 2.05) is 0 Å². The molecule has 2 N–H and O–H groups in total. The fraction of sp³-hybridized carbons (Fsp3) is 0. The third-order valence-corrected chi connectivity index (χ3v) is 1.19. The molecule has 0 aliphatic rings. The zero-order valence-corrected chi connectivity index (χ0v) is 4.63. The van der Waals surface area contributed by atoms with E-state index in [1.54, 1.807) is 18.2 Å². The highest BCUT2D eigenvalue weighted by Gasteiger charge is 2.01. The Morgan fingerprint density at radius 1 is 1.11 bits per heavy atom. The molecule has 0 bridgehead atoms. The highest BCUT2D eigenvalue weighted by molar-refractivity contribution is 5.74. The highest BCUT2D eigenvalue weighted by atomic mass is 17.0. The molecule has 0 fully saturated rings. The molecule has 0 atom stereocenters. The van der Waals surface area contributed by atoms with Gasteiger partial charge in [0.05, 0.1) is 0 Å². The predicted octanol–water partition coefficient (Wildman–Crippen LogP) is 1.61. The molecule has 46 valence electrons. The van der Waals surface area contributed by atoms with Crippen LogP contribution >= 0.6 is 0 Å². The Kier molecular flexibility index (Phi) is 0.656. The van der Waals surface area contributed by atoms with E-state index < -0.39 is 0 Å². The van der Waals surface area contributed by atoms with Crippen molar-refractivity contribution in [2.24, 2.45) is 0 Å². The molecule has 9 heavy (non-hydrogen) atoms. The van der Waals surface area contributed by atoms with E-state index in [2.05, 4.69) is 9.15 Å². The molecule has 0 aliphatic heterocycles. The Bertz CT molecular complexity index is 320. The number of fused-ring (bicyclic) bond motifs is 1. The topological polar surface area (TPSA) is 52.3 Å². The van der Waals surface area contributed by atoms with E-state index >= 15 is 0 Å². The second-order valence-corrected chi connectivity index (χ2v) is 1.87. The average molecular weight is 123 g/mol. The van der Waals surface area contributed by atoms with Crippen LogP contribution in [0.25, 0.3) is 11.2 Å². The molecule has 0 saturated carbocycles. The van der Waals surface area contributed by atoms with Gasteiger partial charge in [-0.25, -0.2) is 0 Å². The van der Waals surface area contributed by atoms with E-state index in [4.69, 9.17) is 5.73 Å². The molecule has 0 spiro atoms. The smallest absolute Gasteiger partial charge is 0.227 e. The van der Waals surface area contributed by atoms with E-state index in [9.17, 15) is 0 Å². The molecule has 0 amide bonds. The Labute approximate surface area is 51.0 Å². The van der Waals surface area contributed by atoms with Gasteiger partial charge in [-0.1, -0.05) is 0 Å². The lowest BCUT2D eigenvalue weighted by Crippen LogP contribution is -1.84. The van der Waals surface area contributed by atoms with Crippen molar-refractivity contribution in [2.75, 3.05) is 5.73 Å². The minimum Gasteiger partial charge on any atom is -0.399 e. The van der Waals surface area contributed by atoms with Crippen LogP contribution in [-0.4, -0.2) is 0 Å². The Morgan fingerprint density at radius 3 is 2.33 bits per heavy atom. The van der Waals surface area contributed by atoms with Crippen molar-refractivity contribution in [3.63, 3.8) is 0 Å². The number of nitrogen functional groups attached to an aromatic ring is 1. The normalized spacial score (nSPS) is 10.7. The summed E-state index contributed by atoms with van der Waals surface area (Å²) in [5.74, 6) is 0. The van der Waals surface area contributed by atoms with Gasteiger partial charge in [-0.15, -0.1) is 0 Å². The molecule has 2 rings (SSSR count). The number of anilines is 1. The Balaban J connectivity index is 2.78. The van der Waals surface area contributed by atoms with Crippen molar-refractivity contribution >= 4 is 16.9 Å². The predicted molar refractivity (Wildman–Crippen MR) is 32.9 cm³/mol. The number of benzene rings is 1. The standard InChI is InChI=1S/C6H5NO2/c7-4-1-2-5-6(3-4)9-8-5/h1-3H,7H2. The summed E-state index contributed by atoms with van der Waals surface area (Å²) >= 11 is 0. The van der Waals surface area contributed by atoms with E-state index in [1.165, 1.54) is 0 Å². The first-order chi connectivity index (χ1) is 4.36. The molecule has 0 radical (unpaired) electrons. The van der Waals surface area contributed by atoms with Gasteiger partial charge in [0.1, 0.15) is 0 Å². The summed E-state index contributed by atoms with van der Waals surface area (Å²) in [5, 5.41) is 0. The highest BCUT2D eigenvalue weighted by Crippen LogP contribution is 2.19. The maximum Gasteiger partial charge on any atom is 0.227 e. The number of nitrogens with two attached hydrogens (primary N) is 1. The van der Waals surface area contributed by atoms with Crippen molar-refractivity contribution in [2.45, 2.75) is 0 Å². The molecule has 2 aromatic rings. The van der Waals surface area contributed by atoms with Crippen LogP contribution in [0, 0.1) is 0 Å². The fourth-order valence-electron chi connectivity index (χ4n) is 0.714. The summed E-state index contributed by atoms with van der Waals surface area (Å²) in [7, 11) is 0. The van der Waals surface area contributed by atoms with Gasteiger partial charge in [0.15, 0.2) is 0 Å². The first-order valence-electron chi connectivity index (χ1n) is 2.60. The molecule has 3 nitrogen and oxygen atoms in total. The van der Waals surface area contributed by atoms with Gasteiger partial charge >= 0.3 is 0 Å². The first kappa shape index (κ1) is 4.49. The van der Waals surface area contributed by atoms with Gasteiger partial charge in [-0.3, -0.25) is 9.15 Å². The van der Waals surface area contributed by atoms with Gasteiger partial charge in [-0.2, -0.15) is 0 Å². The maximum absolute atomic E-state index is 5.43. The van der Waals surface area contributed by atoms with E-state index in [-0.39, 0.29) is 0 Å². The van der Waals surface area contributed by atoms with Gasteiger partial charge in [-0.05, 0) is 12.1 Å². The van der Waals surface area contributed by atoms with Crippen LogP contribution < -0.4 is 5.73 Å². The molecule has 1 aromatic heterocycles. The van der Waals surface area contributed by atoms with Crippen molar-refractivity contribution in [3.8, 4) is 0 Å². The minimum atomic E-state index is 0.692. The van der Waals surface area contributed by atoms with Crippen LogP contribution in [0.5, 0.6) is 0 Å². The van der Waals surface area contributed by atoms with Gasteiger partial charge in [0.25, 0.3) is 0 Å². The van der Waals surface area contributed by atoms with Crippen LogP contribution in [0.3, 0.4) is 0 Å². The first-order valence-corrected chi connectivity index (χ1v) is 2.60. The molecule has 0 saturated heterocycles. The van der Waals surface area contributed by atoms with Crippen LogP contribution in [0.1, 0.15) is 0 Å². The zero-order chi connectivity index (χ0) is 6.27. The van der Waals surface area contributed by atoms with Crippen molar-refractivity contribution in [1.82, 2.24) is 0 Å². The monoisotopic (exact) mass is 123 g/mol. The number of hydrogen-bond donors (Lipinski definition) is 1. The largest absolute Gasteiger partial charge is 0.399 e. The van der Waals surface area contributed by atoms with Crippen LogP contribution in [-0.2, 0) is 0 Å². The second-order valence-electron chi connectivity index (χ2n) is 1.87. The van der Waals surface area contributed by atoms with Crippen molar-refractivity contribution < 1.29 is 9.15 Å². The third-order valence-electron chi connectivity index (χ3n) is 1.19. The lowest BCUT2D eigenvalue weighted by atomic mass is 10.3. The summed E-state index contributed by atoms with van der Waals surface area (Å²) in [4.78, 5) is 0. The maximum atomic E-state index is 5.43. The average Bonchev–Trinajstić information content (AvgIpc) is 1.78. The van der Waals surface area contributed by atoms with Crippen LogP contribution in [0.15, 0.2) is 27.4 Å². The van der Waals surface area contributed by atoms with Crippen molar-refractivity contribution in [1.29, 1.82) is 0 Å². The number of rotatable bonds is 0. The molecule has 0 aliphatic carbocycles.